The molecule has 5 rings (SSSR count). The maximum Gasteiger partial charge on any atom is 0.283 e. The highest BCUT2D eigenvalue weighted by molar-refractivity contribution is 7.99. The third-order valence-corrected chi connectivity index (χ3v) is 6.53. The van der Waals surface area contributed by atoms with Crippen LogP contribution >= 0.6 is 11.8 Å². The van der Waals surface area contributed by atoms with Gasteiger partial charge in [0.15, 0.2) is 10.9 Å². The van der Waals surface area contributed by atoms with Gasteiger partial charge in [-0.3, -0.25) is 14.2 Å². The average molecular weight is 456 g/mol. The van der Waals surface area contributed by atoms with Gasteiger partial charge in [0, 0.05) is 16.5 Å². The van der Waals surface area contributed by atoms with Crippen molar-refractivity contribution in [3.8, 4) is 11.4 Å². The van der Waals surface area contributed by atoms with Crippen LogP contribution in [0.1, 0.15) is 15.9 Å². The van der Waals surface area contributed by atoms with Gasteiger partial charge in [0.1, 0.15) is 16.8 Å². The van der Waals surface area contributed by atoms with Crippen molar-refractivity contribution in [3.05, 3.63) is 94.3 Å². The molecular weight excluding hydrogens is 434 g/mol. The number of H-pyrrole nitrogens is 1. The summed E-state index contributed by atoms with van der Waals surface area (Å²) in [6.45, 7) is 1.95. The number of nitrogens with one attached hydrogen (secondary N) is 1. The summed E-state index contributed by atoms with van der Waals surface area (Å²) in [5.41, 5.74) is 4.00. The number of aromatic nitrogens is 3. The summed E-state index contributed by atoms with van der Waals surface area (Å²) >= 11 is 1.26. The van der Waals surface area contributed by atoms with Crippen LogP contribution in [0.3, 0.4) is 0 Å². The molecule has 3 aromatic carbocycles. The molecule has 0 atom stereocenters. The topological polar surface area (TPSA) is 77.0 Å². The van der Waals surface area contributed by atoms with Crippen molar-refractivity contribution in [3.63, 3.8) is 0 Å². The zero-order chi connectivity index (χ0) is 22.9. The maximum atomic E-state index is 13.6. The first-order valence-corrected chi connectivity index (χ1v) is 11.4. The Kier molecular flexibility index (Phi) is 5.48. The van der Waals surface area contributed by atoms with Gasteiger partial charge in [-0.15, -0.1) is 0 Å². The zero-order valence-corrected chi connectivity index (χ0v) is 19.0. The molecule has 0 radical (unpaired) electrons. The van der Waals surface area contributed by atoms with Gasteiger partial charge >= 0.3 is 0 Å². The highest BCUT2D eigenvalue weighted by atomic mass is 32.2. The SMILES string of the molecule is COc1ccc(C(=O)CSc2nc3c([nH]c4ccccc43)c(=O)n2-c2ccccc2C)cc1. The van der Waals surface area contributed by atoms with Crippen LogP contribution in [-0.2, 0) is 0 Å². The molecule has 7 heteroatoms. The smallest absolute Gasteiger partial charge is 0.283 e. The summed E-state index contributed by atoms with van der Waals surface area (Å²) in [7, 11) is 1.59. The van der Waals surface area contributed by atoms with Gasteiger partial charge in [0.05, 0.1) is 18.6 Å². The quantitative estimate of drug-likeness (QED) is 0.217. The highest BCUT2D eigenvalue weighted by Gasteiger charge is 2.19. The predicted molar refractivity (Wildman–Crippen MR) is 132 cm³/mol. The van der Waals surface area contributed by atoms with E-state index in [-0.39, 0.29) is 17.1 Å². The van der Waals surface area contributed by atoms with Gasteiger partial charge in [-0.25, -0.2) is 4.98 Å². The third kappa shape index (κ3) is 3.81. The molecule has 0 aliphatic carbocycles. The number of ketones is 1. The molecule has 0 amide bonds. The minimum Gasteiger partial charge on any atom is -0.497 e. The van der Waals surface area contributed by atoms with Crippen molar-refractivity contribution < 1.29 is 9.53 Å². The first-order chi connectivity index (χ1) is 16.1. The molecule has 1 N–H and O–H groups in total. The number of carbonyl (C=O) groups excluding carboxylic acids is 1. The average Bonchev–Trinajstić information content (AvgIpc) is 3.22. The van der Waals surface area contributed by atoms with Crippen LogP contribution < -0.4 is 10.3 Å². The molecule has 0 saturated carbocycles. The van der Waals surface area contributed by atoms with Crippen molar-refractivity contribution in [2.24, 2.45) is 0 Å². The van der Waals surface area contributed by atoms with Crippen LogP contribution in [-0.4, -0.2) is 33.2 Å². The van der Waals surface area contributed by atoms with Crippen LogP contribution in [0.5, 0.6) is 5.75 Å². The zero-order valence-electron chi connectivity index (χ0n) is 18.2. The number of fused-ring (bicyclic) bond motifs is 3. The molecule has 0 bridgehead atoms. The van der Waals surface area contributed by atoms with Gasteiger partial charge in [0.25, 0.3) is 5.56 Å². The number of methoxy groups -OCH3 is 1. The molecule has 2 aromatic heterocycles. The Hall–Kier alpha value is -3.84. The molecule has 6 nitrogen and oxygen atoms in total. The van der Waals surface area contributed by atoms with E-state index in [0.717, 1.165) is 22.2 Å². The Morgan fingerprint density at radius 2 is 1.76 bits per heavy atom. The van der Waals surface area contributed by atoms with Gasteiger partial charge in [-0.2, -0.15) is 0 Å². The lowest BCUT2D eigenvalue weighted by atomic mass is 10.1. The second-order valence-electron chi connectivity index (χ2n) is 7.66. The number of nitrogens with zero attached hydrogens (tertiary/aromatic N) is 2. The van der Waals surface area contributed by atoms with Crippen molar-refractivity contribution >= 4 is 39.5 Å². The van der Waals surface area contributed by atoms with Crippen LogP contribution in [0, 0.1) is 6.92 Å². The number of benzene rings is 3. The Balaban J connectivity index is 1.62. The standard InChI is InChI=1S/C26H21N3O3S/c1-16-7-3-6-10-21(16)29-25(31)24-23(19-8-4-5-9-20(19)27-24)28-26(29)33-15-22(30)17-11-13-18(32-2)14-12-17/h3-14,27H,15H2,1-2H3. The molecule has 0 aliphatic heterocycles. The van der Waals surface area contributed by atoms with Gasteiger partial charge < -0.3 is 9.72 Å². The highest BCUT2D eigenvalue weighted by Crippen LogP contribution is 2.27. The second-order valence-corrected chi connectivity index (χ2v) is 8.60. The van der Waals surface area contributed by atoms with E-state index in [1.807, 2.05) is 55.5 Å². The van der Waals surface area contributed by atoms with Crippen molar-refractivity contribution in [2.75, 3.05) is 12.9 Å². The third-order valence-electron chi connectivity index (χ3n) is 5.60. The fourth-order valence-electron chi connectivity index (χ4n) is 3.86. The normalized spacial score (nSPS) is 11.2. The summed E-state index contributed by atoms with van der Waals surface area (Å²) in [5, 5.41) is 1.36. The predicted octanol–water partition coefficient (Wildman–Crippen LogP) is 5.16. The van der Waals surface area contributed by atoms with E-state index in [0.29, 0.717) is 27.5 Å². The molecule has 2 heterocycles. The van der Waals surface area contributed by atoms with E-state index in [4.69, 9.17) is 9.72 Å². The molecule has 5 aromatic rings. The summed E-state index contributed by atoms with van der Waals surface area (Å²) in [4.78, 5) is 34.6. The Labute approximate surface area is 194 Å². The summed E-state index contributed by atoms with van der Waals surface area (Å²) in [5.74, 6) is 0.796. The number of para-hydroxylation sites is 2. The van der Waals surface area contributed by atoms with Crippen molar-refractivity contribution in [2.45, 2.75) is 12.1 Å². The lowest BCUT2D eigenvalue weighted by molar-refractivity contribution is 0.102. The van der Waals surface area contributed by atoms with E-state index in [1.165, 1.54) is 11.8 Å². The number of aromatic amines is 1. The first kappa shape index (κ1) is 21.0. The number of hydrogen-bond donors (Lipinski definition) is 1. The van der Waals surface area contributed by atoms with Gasteiger partial charge in [-0.1, -0.05) is 48.2 Å². The van der Waals surface area contributed by atoms with Crippen molar-refractivity contribution in [1.82, 2.24) is 14.5 Å². The van der Waals surface area contributed by atoms with Crippen LogP contribution in [0.2, 0.25) is 0 Å². The van der Waals surface area contributed by atoms with Crippen LogP contribution in [0.25, 0.3) is 27.6 Å². The second kappa shape index (κ2) is 8.60. The van der Waals surface area contributed by atoms with Gasteiger partial charge in [0.2, 0.25) is 0 Å². The number of thioether (sulfide) groups is 1. The number of Topliss-reactive ketones (excluding diaryl/α,β-unsaturated/α-hetero) is 1. The molecule has 33 heavy (non-hydrogen) atoms. The minimum absolute atomic E-state index is 0.0488. The monoisotopic (exact) mass is 455 g/mol. The number of rotatable bonds is 6. The molecular formula is C26H21N3O3S. The molecule has 164 valence electrons. The van der Waals surface area contributed by atoms with E-state index in [2.05, 4.69) is 4.98 Å². The minimum atomic E-state index is -0.190. The molecule has 0 spiro atoms. The summed E-state index contributed by atoms with van der Waals surface area (Å²) in [6, 6.07) is 22.4. The summed E-state index contributed by atoms with van der Waals surface area (Å²) < 4.78 is 6.76. The Morgan fingerprint density at radius 1 is 1.03 bits per heavy atom. The Morgan fingerprint density at radius 3 is 2.52 bits per heavy atom. The number of hydrogen-bond acceptors (Lipinski definition) is 5. The van der Waals surface area contributed by atoms with Crippen LogP contribution in [0.15, 0.2) is 82.7 Å². The lowest BCUT2D eigenvalue weighted by Crippen LogP contribution is -2.23. The largest absolute Gasteiger partial charge is 0.497 e. The van der Waals surface area contributed by atoms with Crippen molar-refractivity contribution in [1.29, 1.82) is 0 Å². The van der Waals surface area contributed by atoms with E-state index in [1.54, 1.807) is 35.9 Å². The Bertz CT molecular complexity index is 1550. The molecule has 0 fully saturated rings. The first-order valence-electron chi connectivity index (χ1n) is 10.5. The number of ether oxygens (including phenoxy) is 1. The maximum absolute atomic E-state index is 13.6. The fourth-order valence-corrected chi connectivity index (χ4v) is 4.75. The number of aryl methyl sites for hydroxylation is 1. The van der Waals surface area contributed by atoms with E-state index < -0.39 is 0 Å². The molecule has 0 unspecified atom stereocenters. The van der Waals surface area contributed by atoms with E-state index >= 15 is 0 Å². The molecule has 0 aliphatic rings. The summed E-state index contributed by atoms with van der Waals surface area (Å²) in [6.07, 6.45) is 0. The van der Waals surface area contributed by atoms with Gasteiger partial charge in [-0.05, 0) is 48.9 Å². The molecule has 0 saturated heterocycles. The number of carbonyl (C=O) groups is 1. The lowest BCUT2D eigenvalue weighted by Gasteiger charge is -2.14. The fraction of sp³-hybridized carbons (Fsp3) is 0.115. The van der Waals surface area contributed by atoms with Crippen LogP contribution in [0.4, 0.5) is 0 Å². The van der Waals surface area contributed by atoms with E-state index in [9.17, 15) is 9.59 Å².